The minimum atomic E-state index is -4.46. The molecule has 0 aliphatic carbocycles. The van der Waals surface area contributed by atoms with Gasteiger partial charge in [0.05, 0.1) is 5.56 Å². The van der Waals surface area contributed by atoms with Gasteiger partial charge in [-0.25, -0.2) is 0 Å². The zero-order valence-electron chi connectivity index (χ0n) is 15.2. The molecule has 1 N–H and O–H groups in total. The summed E-state index contributed by atoms with van der Waals surface area (Å²) in [6.45, 7) is 3.34. The first kappa shape index (κ1) is 20.9. The SMILES string of the molecule is CC(=O)Nc1cc(C(F)(F)F)cc2c1Cc1ccc(N3CCCC3)cc1S2.Cl. The van der Waals surface area contributed by atoms with E-state index in [2.05, 4.69) is 22.3 Å². The third-order valence-electron chi connectivity index (χ3n) is 4.96. The highest BCUT2D eigenvalue weighted by molar-refractivity contribution is 7.99. The zero-order chi connectivity index (χ0) is 19.2. The fourth-order valence-electron chi connectivity index (χ4n) is 3.65. The molecule has 0 spiro atoms. The van der Waals surface area contributed by atoms with Gasteiger partial charge in [-0.05, 0) is 48.2 Å². The molecule has 2 heterocycles. The van der Waals surface area contributed by atoms with Crippen LogP contribution in [0.5, 0.6) is 0 Å². The maximum absolute atomic E-state index is 13.3. The smallest absolute Gasteiger partial charge is 0.372 e. The Labute approximate surface area is 172 Å². The number of hydrogen-bond acceptors (Lipinski definition) is 3. The molecule has 1 fully saturated rings. The first-order chi connectivity index (χ1) is 12.8. The van der Waals surface area contributed by atoms with Gasteiger partial charge in [0.25, 0.3) is 0 Å². The molecule has 2 aromatic carbocycles. The summed E-state index contributed by atoms with van der Waals surface area (Å²) in [6, 6.07) is 8.43. The van der Waals surface area contributed by atoms with Crippen LogP contribution in [0.3, 0.4) is 0 Å². The number of halogens is 4. The molecule has 28 heavy (non-hydrogen) atoms. The van der Waals surface area contributed by atoms with E-state index >= 15 is 0 Å². The first-order valence-corrected chi connectivity index (χ1v) is 9.70. The van der Waals surface area contributed by atoms with Crippen molar-refractivity contribution in [2.45, 2.75) is 42.2 Å². The van der Waals surface area contributed by atoms with Crippen LogP contribution in [0.4, 0.5) is 24.5 Å². The molecular formula is C20H20ClF3N2OS. The van der Waals surface area contributed by atoms with Crippen molar-refractivity contribution in [3.8, 4) is 0 Å². The van der Waals surface area contributed by atoms with Gasteiger partial charge in [0.15, 0.2) is 0 Å². The number of hydrogen-bond donors (Lipinski definition) is 1. The fraction of sp³-hybridized carbons (Fsp3) is 0.350. The molecule has 4 rings (SSSR count). The van der Waals surface area contributed by atoms with Crippen molar-refractivity contribution in [3.05, 3.63) is 47.0 Å². The van der Waals surface area contributed by atoms with E-state index in [0.717, 1.165) is 40.9 Å². The van der Waals surface area contributed by atoms with Crippen molar-refractivity contribution < 1.29 is 18.0 Å². The summed E-state index contributed by atoms with van der Waals surface area (Å²) in [4.78, 5) is 15.3. The predicted octanol–water partition coefficient (Wildman–Crippen LogP) is 5.74. The number of anilines is 2. The Hall–Kier alpha value is -1.86. The predicted molar refractivity (Wildman–Crippen MR) is 108 cm³/mol. The molecule has 1 amide bonds. The second-order valence-corrected chi connectivity index (χ2v) is 8.03. The average Bonchev–Trinajstić information content (AvgIpc) is 3.13. The lowest BCUT2D eigenvalue weighted by Gasteiger charge is -2.25. The van der Waals surface area contributed by atoms with Crippen LogP contribution in [-0.4, -0.2) is 19.0 Å². The number of nitrogens with zero attached hydrogens (tertiary/aromatic N) is 1. The Kier molecular flexibility index (Phi) is 5.87. The van der Waals surface area contributed by atoms with E-state index in [0.29, 0.717) is 11.3 Å². The van der Waals surface area contributed by atoms with Crippen LogP contribution in [0.1, 0.15) is 36.5 Å². The number of nitrogens with one attached hydrogen (secondary N) is 1. The molecule has 150 valence electrons. The van der Waals surface area contributed by atoms with E-state index in [4.69, 9.17) is 0 Å². The van der Waals surface area contributed by atoms with Crippen LogP contribution < -0.4 is 10.2 Å². The monoisotopic (exact) mass is 428 g/mol. The minimum absolute atomic E-state index is 0. The van der Waals surface area contributed by atoms with Gasteiger partial charge in [-0.1, -0.05) is 17.8 Å². The van der Waals surface area contributed by atoms with E-state index in [1.165, 1.54) is 37.6 Å². The molecule has 0 atom stereocenters. The van der Waals surface area contributed by atoms with Crippen LogP contribution in [-0.2, 0) is 17.4 Å². The molecule has 2 aromatic rings. The highest BCUT2D eigenvalue weighted by Gasteiger charge is 2.33. The molecule has 0 unspecified atom stereocenters. The van der Waals surface area contributed by atoms with Crippen LogP contribution in [0.2, 0.25) is 0 Å². The lowest BCUT2D eigenvalue weighted by Crippen LogP contribution is -2.18. The van der Waals surface area contributed by atoms with Gasteiger partial charge in [0.1, 0.15) is 0 Å². The minimum Gasteiger partial charge on any atom is -0.372 e. The van der Waals surface area contributed by atoms with Crippen molar-refractivity contribution in [3.63, 3.8) is 0 Å². The largest absolute Gasteiger partial charge is 0.416 e. The summed E-state index contributed by atoms with van der Waals surface area (Å²) in [7, 11) is 0. The van der Waals surface area contributed by atoms with Crippen LogP contribution in [0.15, 0.2) is 40.1 Å². The van der Waals surface area contributed by atoms with Gasteiger partial charge in [0, 0.05) is 47.6 Å². The number of alkyl halides is 3. The van der Waals surface area contributed by atoms with Crippen LogP contribution >= 0.6 is 24.2 Å². The lowest BCUT2D eigenvalue weighted by atomic mass is 9.99. The molecule has 2 aliphatic heterocycles. The van der Waals surface area contributed by atoms with Gasteiger partial charge in [-0.2, -0.15) is 13.2 Å². The van der Waals surface area contributed by atoms with Gasteiger partial charge >= 0.3 is 6.18 Å². The van der Waals surface area contributed by atoms with Gasteiger partial charge in [-0.3, -0.25) is 4.79 Å². The second kappa shape index (κ2) is 7.87. The topological polar surface area (TPSA) is 32.3 Å². The summed E-state index contributed by atoms with van der Waals surface area (Å²) < 4.78 is 39.9. The Balaban J connectivity index is 0.00000225. The highest BCUT2D eigenvalue weighted by atomic mass is 35.5. The van der Waals surface area contributed by atoms with Crippen molar-refractivity contribution in [1.82, 2.24) is 0 Å². The lowest BCUT2D eigenvalue weighted by molar-refractivity contribution is -0.137. The Morgan fingerprint density at radius 3 is 2.46 bits per heavy atom. The fourth-order valence-corrected chi connectivity index (χ4v) is 4.83. The molecule has 0 saturated carbocycles. The highest BCUT2D eigenvalue weighted by Crippen LogP contribution is 2.46. The maximum Gasteiger partial charge on any atom is 0.416 e. The molecule has 0 bridgehead atoms. The maximum atomic E-state index is 13.3. The van der Waals surface area contributed by atoms with E-state index in [9.17, 15) is 18.0 Å². The third-order valence-corrected chi connectivity index (χ3v) is 6.14. The molecule has 1 saturated heterocycles. The van der Waals surface area contributed by atoms with Crippen molar-refractivity contribution >= 4 is 41.5 Å². The first-order valence-electron chi connectivity index (χ1n) is 8.89. The normalized spacial score (nSPS) is 15.5. The van der Waals surface area contributed by atoms with Gasteiger partial charge in [0.2, 0.25) is 5.91 Å². The summed E-state index contributed by atoms with van der Waals surface area (Å²) in [5.41, 5.74) is 2.44. The molecule has 8 heteroatoms. The Morgan fingerprint density at radius 2 is 1.82 bits per heavy atom. The van der Waals surface area contributed by atoms with Gasteiger partial charge < -0.3 is 10.2 Å². The summed E-state index contributed by atoms with van der Waals surface area (Å²) in [6.07, 6.45) is -1.61. The van der Waals surface area contributed by atoms with Crippen molar-refractivity contribution in [2.75, 3.05) is 23.3 Å². The molecule has 2 aliphatic rings. The average molecular weight is 429 g/mol. The molecular weight excluding hydrogens is 409 g/mol. The van der Waals surface area contributed by atoms with Crippen LogP contribution in [0, 0.1) is 0 Å². The number of carbonyl (C=O) groups excluding carboxylic acids is 1. The summed E-state index contributed by atoms with van der Waals surface area (Å²) >= 11 is 1.35. The summed E-state index contributed by atoms with van der Waals surface area (Å²) in [5.74, 6) is -0.378. The number of carbonyl (C=O) groups is 1. The third kappa shape index (κ3) is 4.10. The zero-order valence-corrected chi connectivity index (χ0v) is 16.9. The van der Waals surface area contributed by atoms with E-state index < -0.39 is 11.7 Å². The van der Waals surface area contributed by atoms with E-state index in [1.807, 2.05) is 6.07 Å². The van der Waals surface area contributed by atoms with Crippen molar-refractivity contribution in [2.24, 2.45) is 0 Å². The Bertz CT molecular complexity index is 911. The second-order valence-electron chi connectivity index (χ2n) is 6.94. The quantitative estimate of drug-likeness (QED) is 0.564. The van der Waals surface area contributed by atoms with Crippen molar-refractivity contribution in [1.29, 1.82) is 0 Å². The van der Waals surface area contributed by atoms with Crippen LogP contribution in [0.25, 0.3) is 0 Å². The van der Waals surface area contributed by atoms with E-state index in [-0.39, 0.29) is 24.0 Å². The Morgan fingerprint density at radius 1 is 1.11 bits per heavy atom. The standard InChI is InChI=1S/C20H19F3N2OS.ClH/c1-12(26)24-17-9-14(20(21,22)23)10-19-16(17)8-13-4-5-15(11-18(13)27-19)25-6-2-3-7-25;/h4-5,9-11H,2-3,6-8H2,1H3,(H,24,26);1H. The molecule has 0 radical (unpaired) electrons. The summed E-state index contributed by atoms with van der Waals surface area (Å²) in [5, 5.41) is 2.57. The molecule has 0 aromatic heterocycles. The molecule has 3 nitrogen and oxygen atoms in total. The van der Waals surface area contributed by atoms with Gasteiger partial charge in [-0.15, -0.1) is 12.4 Å². The van der Waals surface area contributed by atoms with E-state index in [1.54, 1.807) is 0 Å². The number of amides is 1. The number of fused-ring (bicyclic) bond motifs is 2. The number of rotatable bonds is 2. The number of benzene rings is 2.